The van der Waals surface area contributed by atoms with Crippen LogP contribution in [0.25, 0.3) is 0 Å². The predicted molar refractivity (Wildman–Crippen MR) is 20.8 cm³/mol. The van der Waals surface area contributed by atoms with Gasteiger partial charge in [-0.05, 0) is 0 Å². The van der Waals surface area contributed by atoms with E-state index >= 15 is 0 Å². The first-order chi connectivity index (χ1) is 2.00. The van der Waals surface area contributed by atoms with E-state index in [2.05, 4.69) is 11.6 Å². The van der Waals surface area contributed by atoms with Gasteiger partial charge in [-0.2, -0.15) is 0 Å². The molecule has 0 aromatic heterocycles. The zero-order chi connectivity index (χ0) is 4.00. The third-order valence-corrected chi connectivity index (χ3v) is 0. The first-order valence-electron chi connectivity index (χ1n) is 0.582. The molecule has 0 unspecified atom stereocenters. The van der Waals surface area contributed by atoms with E-state index in [9.17, 15) is 0 Å². The highest BCUT2D eigenvalue weighted by Crippen LogP contribution is 1.34. The fourth-order valence-electron chi connectivity index (χ4n) is 0. The second-order valence-corrected chi connectivity index (χ2v) is 0. The summed E-state index contributed by atoms with van der Waals surface area (Å²) >= 11 is 4.64. The summed E-state index contributed by atoms with van der Waals surface area (Å²) in [7, 11) is 1.72. The van der Waals surface area contributed by atoms with Crippen LogP contribution in [-0.4, -0.2) is 6.38 Å². The van der Waals surface area contributed by atoms with Crippen LogP contribution in [0.2, 0.25) is 0 Å². The summed E-state index contributed by atoms with van der Waals surface area (Å²) in [5.41, 5.74) is 0. The Hall–Kier alpha value is 0.970. The Morgan fingerprint density at radius 1 is 1.17 bits per heavy atom. The van der Waals surface area contributed by atoms with Crippen LogP contribution in [-0.2, 0) is 4.57 Å². The Morgan fingerprint density at radius 3 is 1.17 bits per heavy atom. The van der Waals surface area contributed by atoms with E-state index in [1.54, 1.807) is 9.12 Å². The van der Waals surface area contributed by atoms with Crippen molar-refractivity contribution in [1.82, 2.24) is 0 Å². The maximum atomic E-state index is 8.06. The smallest absolute Gasteiger partial charge is 0.138 e. The van der Waals surface area contributed by atoms with Gasteiger partial charge in [0.25, 0.3) is 0 Å². The molecule has 0 spiro atoms. The average molecular weight is 169 g/mol. The van der Waals surface area contributed by atoms with Crippen LogP contribution >= 0.6 is 20.7 Å². The highest BCUT2D eigenvalue weighted by Gasteiger charge is 0.943. The summed E-state index contributed by atoms with van der Waals surface area (Å²) in [6.07, 6.45) is 1.47. The molecule has 0 aliphatic carbocycles. The molecule has 5 heteroatoms. The Morgan fingerprint density at radius 2 is 1.17 bits per heavy atom. The molecular weight excluding hydrogens is 165 g/mol. The second-order valence-electron chi connectivity index (χ2n) is 0. The third kappa shape index (κ3) is 83.3. The van der Waals surface area contributed by atoms with Crippen LogP contribution < -0.4 is 24.8 Å². The molecule has 0 rings (SSSR count). The molecule has 0 atom stereocenters. The molecule has 0 heterocycles. The lowest BCUT2D eigenvalue weighted by atomic mass is 12.0. The molecule has 42 valence electrons. The summed E-state index contributed by atoms with van der Waals surface area (Å²) in [6, 6.07) is 0. The van der Waals surface area contributed by atoms with Crippen molar-refractivity contribution < 1.29 is 29.4 Å². The summed E-state index contributed by atoms with van der Waals surface area (Å²) < 4.78 is 8.06. The van der Waals surface area contributed by atoms with E-state index in [1.807, 2.05) is 0 Å². The van der Waals surface area contributed by atoms with E-state index < -0.39 is 0 Å². The highest BCUT2D eigenvalue weighted by atomic mass is 35.5. The molecule has 0 saturated heterocycles. The maximum Gasteiger partial charge on any atom is 0.138 e. The topological polar surface area (TPSA) is 17.1 Å². The fourth-order valence-corrected chi connectivity index (χ4v) is 0. The molecule has 0 fully saturated rings. The van der Waals surface area contributed by atoms with Gasteiger partial charge in [0.15, 0.2) is 0 Å². The molecule has 0 aromatic carbocycles. The van der Waals surface area contributed by atoms with Crippen molar-refractivity contribution in [2.45, 2.75) is 0 Å². The minimum absolute atomic E-state index is 0. The van der Waals surface area contributed by atoms with Crippen molar-refractivity contribution in [1.29, 1.82) is 0 Å². The molecular formula is CH4Cl3OP-2. The largest absolute Gasteiger partial charge is 1.00 e. The molecule has 6 heavy (non-hydrogen) atoms. The van der Waals surface area contributed by atoms with Crippen LogP contribution in [0.3, 0.4) is 0 Å². The SMILES string of the molecule is CCl.O=P.[Cl-].[Cl-]. The van der Waals surface area contributed by atoms with Gasteiger partial charge in [-0.3, -0.25) is 4.57 Å². The van der Waals surface area contributed by atoms with E-state index in [1.165, 1.54) is 6.38 Å². The summed E-state index contributed by atoms with van der Waals surface area (Å²) in [4.78, 5) is 0. The lowest BCUT2D eigenvalue weighted by molar-refractivity contribution is -0.00100. The van der Waals surface area contributed by atoms with Crippen molar-refractivity contribution in [2.24, 2.45) is 0 Å². The quantitative estimate of drug-likeness (QED) is 0.263. The van der Waals surface area contributed by atoms with Gasteiger partial charge >= 0.3 is 0 Å². The van der Waals surface area contributed by atoms with Gasteiger partial charge in [0.2, 0.25) is 0 Å². The van der Waals surface area contributed by atoms with Gasteiger partial charge in [0.05, 0.1) is 0 Å². The van der Waals surface area contributed by atoms with Gasteiger partial charge in [0, 0.05) is 6.38 Å². The van der Waals surface area contributed by atoms with E-state index in [0.717, 1.165) is 0 Å². The third-order valence-electron chi connectivity index (χ3n) is 0. The minimum Gasteiger partial charge on any atom is -1.00 e. The molecule has 0 aliphatic rings. The molecule has 1 nitrogen and oxygen atoms in total. The molecule has 0 N–H and O–H groups in total. The summed E-state index contributed by atoms with van der Waals surface area (Å²) in [6.45, 7) is 0. The zero-order valence-corrected chi connectivity index (χ0v) is 6.31. The van der Waals surface area contributed by atoms with Crippen LogP contribution in [0.15, 0.2) is 0 Å². The molecule has 0 radical (unpaired) electrons. The van der Waals surface area contributed by atoms with Gasteiger partial charge in [0.1, 0.15) is 9.12 Å². The normalized spacial score (nSPS) is 1.67. The molecule has 0 amide bonds. The fraction of sp³-hybridized carbons (Fsp3) is 1.00. The lowest BCUT2D eigenvalue weighted by Gasteiger charge is -1.06. The lowest BCUT2D eigenvalue weighted by Crippen LogP contribution is -3.00. The monoisotopic (exact) mass is 168 g/mol. The first-order valence-corrected chi connectivity index (χ1v) is 1.75. The van der Waals surface area contributed by atoms with Crippen LogP contribution in [0.5, 0.6) is 0 Å². The number of hydrogen-bond acceptors (Lipinski definition) is 1. The van der Waals surface area contributed by atoms with Crippen molar-refractivity contribution in [2.75, 3.05) is 6.38 Å². The highest BCUT2D eigenvalue weighted by molar-refractivity contribution is 7.00. The van der Waals surface area contributed by atoms with Crippen molar-refractivity contribution in [3.8, 4) is 0 Å². The summed E-state index contributed by atoms with van der Waals surface area (Å²) in [5.74, 6) is 0. The van der Waals surface area contributed by atoms with Crippen LogP contribution in [0.1, 0.15) is 0 Å². The maximum absolute atomic E-state index is 8.06. The van der Waals surface area contributed by atoms with Crippen LogP contribution in [0, 0.1) is 0 Å². The number of rotatable bonds is 0. The van der Waals surface area contributed by atoms with E-state index in [0.29, 0.717) is 0 Å². The zero-order valence-electron chi connectivity index (χ0n) is 3.04. The standard InChI is InChI=1S/CH3Cl.2ClH.HOP/c1-2;;;1-2/h1H3;2*1H;2H/p-2. The summed E-state index contributed by atoms with van der Waals surface area (Å²) in [5, 5.41) is 0. The first kappa shape index (κ1) is 28.2. The second kappa shape index (κ2) is 157. The average Bonchev–Trinajstić information content (AvgIpc) is 1.50. The Balaban J connectivity index is -0.00000000500. The van der Waals surface area contributed by atoms with Crippen molar-refractivity contribution >= 4 is 20.7 Å². The molecule has 0 saturated carbocycles. The molecule has 0 bridgehead atoms. The number of hydrogen-bond donors (Lipinski definition) is 0. The van der Waals surface area contributed by atoms with E-state index in [4.69, 9.17) is 4.57 Å². The van der Waals surface area contributed by atoms with Gasteiger partial charge in [-0.25, -0.2) is 0 Å². The minimum atomic E-state index is 0. The Labute approximate surface area is 56.9 Å². The number of alkyl halides is 1. The van der Waals surface area contributed by atoms with Crippen LogP contribution in [0.4, 0.5) is 0 Å². The number of halogens is 3. The van der Waals surface area contributed by atoms with Gasteiger partial charge in [-0.1, -0.05) is 0 Å². The van der Waals surface area contributed by atoms with Gasteiger partial charge in [-0.15, -0.1) is 11.6 Å². The van der Waals surface area contributed by atoms with E-state index in [-0.39, 0.29) is 24.8 Å². The van der Waals surface area contributed by atoms with Crippen molar-refractivity contribution in [3.63, 3.8) is 0 Å². The Kier molecular flexibility index (Phi) is 736. The predicted octanol–water partition coefficient (Wildman–Crippen LogP) is -4.66. The van der Waals surface area contributed by atoms with Crippen molar-refractivity contribution in [3.05, 3.63) is 0 Å². The Bertz CT molecular complexity index is 10.8. The molecule has 0 aromatic rings. The van der Waals surface area contributed by atoms with Gasteiger partial charge < -0.3 is 24.8 Å². The molecule has 0 aliphatic heterocycles.